The van der Waals surface area contributed by atoms with Crippen LogP contribution in [0.5, 0.6) is 0 Å². The van der Waals surface area contributed by atoms with Crippen LogP contribution in [-0.2, 0) is 22.0 Å². The van der Waals surface area contributed by atoms with Crippen molar-refractivity contribution in [2.75, 3.05) is 0 Å². The van der Waals surface area contributed by atoms with Crippen LogP contribution in [0.15, 0.2) is 52.9 Å². The molecule has 2 atom stereocenters. The number of carbonyl (C=O) groups is 1. The first-order chi connectivity index (χ1) is 15.2. The molecule has 176 valence electrons. The molecule has 0 saturated carbocycles. The van der Waals surface area contributed by atoms with E-state index in [1.54, 1.807) is 48.7 Å². The topological polar surface area (TPSA) is 98.3 Å². The minimum atomic E-state index is -1.25. The predicted octanol–water partition coefficient (Wildman–Crippen LogP) is 5.58. The maximum absolute atomic E-state index is 11.6. The molecule has 0 aliphatic carbocycles. The number of aldehydes is 1. The molecule has 2 aromatic carbocycles. The summed E-state index contributed by atoms with van der Waals surface area (Å²) in [5.41, 5.74) is 2.41. The molecule has 9 heteroatoms. The molecule has 0 radical (unpaired) electrons. The van der Waals surface area contributed by atoms with Gasteiger partial charge in [0.25, 0.3) is 0 Å². The third kappa shape index (κ3) is 13.2. The molecule has 2 aromatic rings. The third-order valence-corrected chi connectivity index (χ3v) is 6.11. The third-order valence-electron chi connectivity index (χ3n) is 3.56. The van der Waals surface area contributed by atoms with E-state index in [4.69, 9.17) is 18.3 Å². The molecule has 0 bridgehead atoms. The van der Waals surface area contributed by atoms with Crippen LogP contribution in [0.3, 0.4) is 0 Å². The molecule has 0 aliphatic heterocycles. The van der Waals surface area contributed by atoms with Crippen LogP contribution in [0.1, 0.15) is 57.5 Å². The van der Waals surface area contributed by atoms with Crippen molar-refractivity contribution in [3.8, 4) is 0 Å². The van der Waals surface area contributed by atoms with Crippen molar-refractivity contribution in [2.24, 2.45) is 9.54 Å². The average Bonchev–Trinajstić information content (AvgIpc) is 2.77. The summed E-state index contributed by atoms with van der Waals surface area (Å²) in [5.74, 6) is 0. The van der Waals surface area contributed by atoms with Crippen LogP contribution in [0, 0.1) is 13.1 Å². The number of rotatable bonds is 3. The second-order valence-electron chi connectivity index (χ2n) is 8.54. The van der Waals surface area contributed by atoms with E-state index >= 15 is 0 Å². The van der Waals surface area contributed by atoms with E-state index in [2.05, 4.69) is 14.1 Å². The van der Waals surface area contributed by atoms with E-state index in [1.807, 2.05) is 47.6 Å². The minimum absolute atomic E-state index is 0.250. The standard InChI is InChI=1S/C12H14N2OS.C8H5NO.C4H11NOS/c1-12(2,3)16(15)14-9-10-6-5-7-11(8-10)13-4;1-9-8-4-2-3-7(5-8)6-10;1-4(2,3)7(5)6/h5-9H,1-3H3;2-6H;5H2,1-3H3/t16-;;7-/m1.1/s1. The predicted molar refractivity (Wildman–Crippen MR) is 138 cm³/mol. The first kappa shape index (κ1) is 30.0. The smallest absolute Gasteiger partial charge is 0.187 e. The van der Waals surface area contributed by atoms with Crippen molar-refractivity contribution < 1.29 is 13.2 Å². The van der Waals surface area contributed by atoms with Gasteiger partial charge in [0.2, 0.25) is 0 Å². The monoisotopic (exact) mass is 486 g/mol. The zero-order chi connectivity index (χ0) is 25.7. The van der Waals surface area contributed by atoms with Crippen molar-refractivity contribution in [3.05, 3.63) is 82.5 Å². The van der Waals surface area contributed by atoms with Gasteiger partial charge >= 0.3 is 0 Å². The highest BCUT2D eigenvalue weighted by atomic mass is 32.2. The second kappa shape index (κ2) is 14.2. The Morgan fingerprint density at radius 2 is 1.27 bits per heavy atom. The Kier molecular flexibility index (Phi) is 12.9. The van der Waals surface area contributed by atoms with Crippen molar-refractivity contribution in [1.29, 1.82) is 0 Å². The Bertz CT molecular complexity index is 1090. The molecule has 0 aromatic heterocycles. The van der Waals surface area contributed by atoms with Gasteiger partial charge in [-0.15, -0.1) is 0 Å². The molecule has 2 N–H and O–H groups in total. The highest BCUT2D eigenvalue weighted by molar-refractivity contribution is 7.85. The quantitative estimate of drug-likeness (QED) is 0.348. The summed E-state index contributed by atoms with van der Waals surface area (Å²) in [5, 5.41) is 5.04. The molecule has 7 nitrogen and oxygen atoms in total. The van der Waals surface area contributed by atoms with Gasteiger partial charge < -0.3 is 0 Å². The van der Waals surface area contributed by atoms with Crippen LogP contribution in [0.25, 0.3) is 9.69 Å². The lowest BCUT2D eigenvalue weighted by Crippen LogP contribution is -2.27. The Morgan fingerprint density at radius 3 is 1.64 bits per heavy atom. The lowest BCUT2D eigenvalue weighted by Gasteiger charge is -2.12. The molecular formula is C24H30N4O3S2. The summed E-state index contributed by atoms with van der Waals surface area (Å²) in [7, 11) is -2.44. The van der Waals surface area contributed by atoms with Crippen LogP contribution < -0.4 is 5.14 Å². The summed E-state index contributed by atoms with van der Waals surface area (Å²) < 4.78 is 25.4. The summed E-state index contributed by atoms with van der Waals surface area (Å²) in [4.78, 5) is 16.7. The Labute approximate surface area is 202 Å². The van der Waals surface area contributed by atoms with Crippen LogP contribution in [-0.4, -0.2) is 30.4 Å². The maximum Gasteiger partial charge on any atom is 0.187 e. The van der Waals surface area contributed by atoms with E-state index < -0.39 is 22.0 Å². The molecule has 0 heterocycles. The van der Waals surface area contributed by atoms with Gasteiger partial charge in [-0.3, -0.25) is 9.93 Å². The summed E-state index contributed by atoms with van der Waals surface area (Å²) in [6, 6.07) is 13.6. The number of benzene rings is 2. The van der Waals surface area contributed by atoms with E-state index in [0.717, 1.165) is 11.8 Å². The highest BCUT2D eigenvalue weighted by Crippen LogP contribution is 2.15. The van der Waals surface area contributed by atoms with E-state index in [1.165, 1.54) is 0 Å². The van der Waals surface area contributed by atoms with Crippen LogP contribution >= 0.6 is 0 Å². The largest absolute Gasteiger partial charge is 0.298 e. The van der Waals surface area contributed by atoms with Crippen LogP contribution in [0.4, 0.5) is 11.4 Å². The molecule has 0 fully saturated rings. The zero-order valence-corrected chi connectivity index (χ0v) is 21.4. The normalized spacial score (nSPS) is 12.6. The number of hydrogen-bond acceptors (Lipinski definition) is 3. The van der Waals surface area contributed by atoms with Gasteiger partial charge in [0.1, 0.15) is 17.3 Å². The molecule has 0 amide bonds. The van der Waals surface area contributed by atoms with Crippen molar-refractivity contribution in [3.63, 3.8) is 0 Å². The molecular weight excluding hydrogens is 456 g/mol. The second-order valence-corrected chi connectivity index (χ2v) is 12.3. The van der Waals surface area contributed by atoms with Gasteiger partial charge in [-0.2, -0.15) is 4.40 Å². The maximum atomic E-state index is 11.6. The summed E-state index contributed by atoms with van der Waals surface area (Å²) >= 11 is 0. The van der Waals surface area contributed by atoms with Gasteiger partial charge in [-0.1, -0.05) is 36.4 Å². The first-order valence-electron chi connectivity index (χ1n) is 9.77. The number of hydrogen-bond donors (Lipinski definition) is 1. The molecule has 33 heavy (non-hydrogen) atoms. The molecule has 0 aliphatic rings. The number of nitrogens with two attached hydrogens (primary N) is 1. The molecule has 0 unspecified atom stereocenters. The van der Waals surface area contributed by atoms with E-state index in [9.17, 15) is 13.2 Å². The van der Waals surface area contributed by atoms with Crippen molar-refractivity contribution in [2.45, 2.75) is 51.0 Å². The Morgan fingerprint density at radius 1 is 0.848 bits per heavy atom. The molecule has 2 rings (SSSR count). The van der Waals surface area contributed by atoms with Gasteiger partial charge in [0.15, 0.2) is 11.4 Å². The van der Waals surface area contributed by atoms with Gasteiger partial charge in [0.05, 0.1) is 33.6 Å². The highest BCUT2D eigenvalue weighted by Gasteiger charge is 2.18. The lowest BCUT2D eigenvalue weighted by atomic mass is 10.2. The number of carbonyl (C=O) groups excluding carboxylic acids is 1. The molecule has 0 saturated heterocycles. The molecule has 0 spiro atoms. The fourth-order valence-electron chi connectivity index (χ4n) is 1.61. The van der Waals surface area contributed by atoms with E-state index in [0.29, 0.717) is 16.9 Å². The van der Waals surface area contributed by atoms with Crippen LogP contribution in [0.2, 0.25) is 0 Å². The fraction of sp³-hybridized carbons (Fsp3) is 0.333. The zero-order valence-electron chi connectivity index (χ0n) is 19.7. The Hall–Kier alpha value is -2.98. The van der Waals surface area contributed by atoms with Crippen molar-refractivity contribution >= 4 is 45.8 Å². The van der Waals surface area contributed by atoms with Gasteiger partial charge in [-0.25, -0.2) is 18.1 Å². The lowest BCUT2D eigenvalue weighted by molar-refractivity contribution is 0.112. The van der Waals surface area contributed by atoms with Gasteiger partial charge in [0, 0.05) is 11.8 Å². The SMILES string of the molecule is CC(C)(C)[S@](N)=O.[C-]#[N+]c1cccc(C=N[S@](=O)C(C)(C)C)c1.[C-]#[N+]c1cccc(C=O)c1. The van der Waals surface area contributed by atoms with Gasteiger partial charge in [-0.05, 0) is 59.2 Å². The summed E-state index contributed by atoms with van der Waals surface area (Å²) in [6.07, 6.45) is 2.28. The fourth-order valence-corrected chi connectivity index (χ4v) is 2.14. The van der Waals surface area contributed by atoms with E-state index in [-0.39, 0.29) is 9.49 Å². The first-order valence-corrected chi connectivity index (χ1v) is 12.1. The van der Waals surface area contributed by atoms with Crippen molar-refractivity contribution in [1.82, 2.24) is 0 Å². The summed E-state index contributed by atoms with van der Waals surface area (Å²) in [6.45, 7) is 24.6. The number of nitrogens with zero attached hydrogens (tertiary/aromatic N) is 3. The Balaban J connectivity index is 0.000000514. The minimum Gasteiger partial charge on any atom is -0.298 e. The average molecular weight is 487 g/mol.